The summed E-state index contributed by atoms with van der Waals surface area (Å²) >= 11 is 1.06. The van der Waals surface area contributed by atoms with Gasteiger partial charge in [0.25, 0.3) is 0 Å². The van der Waals surface area contributed by atoms with Gasteiger partial charge in [0, 0.05) is 0 Å². The van der Waals surface area contributed by atoms with Crippen LogP contribution >= 0.6 is 11.8 Å². The van der Waals surface area contributed by atoms with Crippen molar-refractivity contribution < 1.29 is 18.3 Å². The number of carboxylic acid groups (broad SMARTS) is 1. The minimum absolute atomic E-state index is 0.0759. The number of carbonyl (C=O) groups is 1. The lowest BCUT2D eigenvalue weighted by Crippen LogP contribution is -2.28. The predicted octanol–water partition coefficient (Wildman–Crippen LogP) is 0.513. The first kappa shape index (κ1) is 14.3. The second-order valence-corrected chi connectivity index (χ2v) is 7.66. The Kier molecular flexibility index (Phi) is 4.14. The summed E-state index contributed by atoms with van der Waals surface area (Å²) in [6.45, 7) is 1.75. The van der Waals surface area contributed by atoms with Crippen LogP contribution in [-0.2, 0) is 14.6 Å². The van der Waals surface area contributed by atoms with Crippen LogP contribution in [0.4, 0.5) is 0 Å². The molecule has 1 fully saturated rings. The molecule has 0 bridgehead atoms. The monoisotopic (exact) mass is 305 g/mol. The van der Waals surface area contributed by atoms with Gasteiger partial charge in [0.15, 0.2) is 15.0 Å². The van der Waals surface area contributed by atoms with Gasteiger partial charge in [-0.2, -0.15) is 0 Å². The van der Waals surface area contributed by atoms with E-state index in [2.05, 4.69) is 10.2 Å². The van der Waals surface area contributed by atoms with Gasteiger partial charge < -0.3 is 9.67 Å². The van der Waals surface area contributed by atoms with Gasteiger partial charge in [0.2, 0.25) is 0 Å². The molecule has 0 spiro atoms. The normalized spacial score (nSPS) is 22.3. The number of sulfone groups is 1. The average Bonchev–Trinajstić information content (AvgIpc) is 2.66. The molecule has 0 aromatic carbocycles. The number of thioether (sulfide) groups is 1. The van der Waals surface area contributed by atoms with Crippen LogP contribution in [0.25, 0.3) is 0 Å². The summed E-state index contributed by atoms with van der Waals surface area (Å²) in [4.78, 5) is 10.6. The van der Waals surface area contributed by atoms with Crippen LogP contribution in [0.15, 0.2) is 5.16 Å². The molecule has 2 rings (SSSR count). The quantitative estimate of drug-likeness (QED) is 0.809. The third kappa shape index (κ3) is 3.47. The summed E-state index contributed by atoms with van der Waals surface area (Å²) in [5, 5.41) is 17.0. The fraction of sp³-hybridized carbons (Fsp3) is 0.700. The average molecular weight is 305 g/mol. The fourth-order valence-corrected chi connectivity index (χ4v) is 4.64. The van der Waals surface area contributed by atoms with Crippen molar-refractivity contribution in [1.82, 2.24) is 14.8 Å². The molecule has 0 aliphatic carbocycles. The van der Waals surface area contributed by atoms with Crippen LogP contribution in [0, 0.1) is 6.92 Å². The molecule has 1 N–H and O–H groups in total. The SMILES string of the molecule is Cc1nnc(SCC(=O)O)n1C1CCCS(=O)(=O)C1. The Morgan fingerprint density at radius 3 is 2.89 bits per heavy atom. The van der Waals surface area contributed by atoms with E-state index < -0.39 is 15.8 Å². The first-order valence-electron chi connectivity index (χ1n) is 5.85. The number of carboxylic acids is 1. The van der Waals surface area contributed by atoms with Crippen LogP contribution in [0.2, 0.25) is 0 Å². The summed E-state index contributed by atoms with van der Waals surface area (Å²) in [6, 6.07) is -0.190. The van der Waals surface area contributed by atoms with Crippen LogP contribution in [0.3, 0.4) is 0 Å². The van der Waals surface area contributed by atoms with Gasteiger partial charge in [0.05, 0.1) is 23.3 Å². The molecule has 1 aromatic heterocycles. The summed E-state index contributed by atoms with van der Waals surface area (Å²) in [7, 11) is -3.02. The van der Waals surface area contributed by atoms with Crippen molar-refractivity contribution in [3.8, 4) is 0 Å². The smallest absolute Gasteiger partial charge is 0.313 e. The van der Waals surface area contributed by atoms with E-state index in [-0.39, 0.29) is 23.3 Å². The number of aryl methyl sites for hydroxylation is 1. The topological polar surface area (TPSA) is 102 Å². The molecule has 1 unspecified atom stereocenters. The maximum absolute atomic E-state index is 11.7. The van der Waals surface area contributed by atoms with Gasteiger partial charge in [-0.05, 0) is 19.8 Å². The lowest BCUT2D eigenvalue weighted by atomic mass is 10.2. The molecule has 7 nitrogen and oxygen atoms in total. The molecule has 2 heterocycles. The Hall–Kier alpha value is -1.09. The highest BCUT2D eigenvalue weighted by atomic mass is 32.2. The van der Waals surface area contributed by atoms with E-state index in [0.717, 1.165) is 18.2 Å². The number of aromatic nitrogens is 3. The van der Waals surface area contributed by atoms with E-state index in [9.17, 15) is 13.2 Å². The van der Waals surface area contributed by atoms with Crippen molar-refractivity contribution in [2.75, 3.05) is 17.3 Å². The molecule has 0 amide bonds. The van der Waals surface area contributed by atoms with E-state index in [1.54, 1.807) is 11.5 Å². The zero-order chi connectivity index (χ0) is 14.0. The second kappa shape index (κ2) is 5.49. The molecule has 1 saturated heterocycles. The van der Waals surface area contributed by atoms with Crippen molar-refractivity contribution in [2.45, 2.75) is 31.0 Å². The third-order valence-electron chi connectivity index (χ3n) is 2.96. The van der Waals surface area contributed by atoms with E-state index >= 15 is 0 Å². The van der Waals surface area contributed by atoms with Gasteiger partial charge in [-0.25, -0.2) is 8.42 Å². The third-order valence-corrected chi connectivity index (χ3v) is 5.70. The van der Waals surface area contributed by atoms with Crippen LogP contribution in [0.5, 0.6) is 0 Å². The van der Waals surface area contributed by atoms with Crippen molar-refractivity contribution in [1.29, 1.82) is 0 Å². The first-order valence-corrected chi connectivity index (χ1v) is 8.66. The first-order chi connectivity index (χ1) is 8.89. The molecule has 1 aliphatic rings. The summed E-state index contributed by atoms with van der Waals surface area (Å²) in [5.74, 6) is -0.129. The predicted molar refractivity (Wildman–Crippen MR) is 70.0 cm³/mol. The largest absolute Gasteiger partial charge is 0.481 e. The van der Waals surface area contributed by atoms with Crippen molar-refractivity contribution in [2.24, 2.45) is 0 Å². The number of nitrogens with zero attached hydrogens (tertiary/aromatic N) is 3. The van der Waals surface area contributed by atoms with Crippen LogP contribution in [0.1, 0.15) is 24.7 Å². The van der Waals surface area contributed by atoms with Crippen molar-refractivity contribution in [3.63, 3.8) is 0 Å². The highest BCUT2D eigenvalue weighted by molar-refractivity contribution is 7.99. The standard InChI is InChI=1S/C10H15N3O4S2/c1-7-11-12-10(18-5-9(14)15)13(7)8-3-2-4-19(16,17)6-8/h8H,2-6H2,1H3,(H,14,15). The second-order valence-electron chi connectivity index (χ2n) is 4.49. The van der Waals surface area contributed by atoms with Gasteiger partial charge in [-0.1, -0.05) is 11.8 Å². The summed E-state index contributed by atoms with van der Waals surface area (Å²) in [5.41, 5.74) is 0. The maximum atomic E-state index is 11.7. The minimum Gasteiger partial charge on any atom is -0.481 e. The molecule has 1 aliphatic heterocycles. The summed E-state index contributed by atoms with van der Waals surface area (Å²) in [6.07, 6.45) is 1.37. The van der Waals surface area contributed by atoms with Crippen LogP contribution in [-0.4, -0.2) is 51.5 Å². The molecule has 9 heteroatoms. The molecule has 1 atom stereocenters. The molecular formula is C10H15N3O4S2. The number of hydrogen-bond donors (Lipinski definition) is 1. The van der Waals surface area contributed by atoms with E-state index in [0.29, 0.717) is 17.4 Å². The Morgan fingerprint density at radius 2 is 2.26 bits per heavy atom. The Labute approximate surface area is 115 Å². The molecule has 1 aromatic rings. The van der Waals surface area contributed by atoms with E-state index in [4.69, 9.17) is 5.11 Å². The Balaban J connectivity index is 2.23. The molecule has 0 saturated carbocycles. The highest BCUT2D eigenvalue weighted by Gasteiger charge is 2.29. The van der Waals surface area contributed by atoms with E-state index in [1.807, 2.05) is 0 Å². The Morgan fingerprint density at radius 1 is 1.53 bits per heavy atom. The van der Waals surface area contributed by atoms with Gasteiger partial charge in [0.1, 0.15) is 5.82 Å². The van der Waals surface area contributed by atoms with Crippen molar-refractivity contribution in [3.05, 3.63) is 5.82 Å². The zero-order valence-electron chi connectivity index (χ0n) is 10.4. The lowest BCUT2D eigenvalue weighted by Gasteiger charge is -2.24. The van der Waals surface area contributed by atoms with Gasteiger partial charge in [-0.15, -0.1) is 10.2 Å². The molecular weight excluding hydrogens is 290 g/mol. The maximum Gasteiger partial charge on any atom is 0.313 e. The van der Waals surface area contributed by atoms with Gasteiger partial charge >= 0.3 is 5.97 Å². The van der Waals surface area contributed by atoms with E-state index in [1.165, 1.54) is 0 Å². The number of aliphatic carboxylic acids is 1. The van der Waals surface area contributed by atoms with Crippen LogP contribution < -0.4 is 0 Å². The molecule has 19 heavy (non-hydrogen) atoms. The number of hydrogen-bond acceptors (Lipinski definition) is 6. The Bertz CT molecular complexity index is 582. The van der Waals surface area contributed by atoms with Crippen molar-refractivity contribution >= 4 is 27.6 Å². The molecule has 106 valence electrons. The van der Waals surface area contributed by atoms with Gasteiger partial charge in [-0.3, -0.25) is 4.79 Å². The molecule has 0 radical (unpaired) electrons. The zero-order valence-corrected chi connectivity index (χ0v) is 12.1. The lowest BCUT2D eigenvalue weighted by molar-refractivity contribution is -0.133. The summed E-state index contributed by atoms with van der Waals surface area (Å²) < 4.78 is 25.1. The fourth-order valence-electron chi connectivity index (χ4n) is 2.20. The minimum atomic E-state index is -3.02. The number of rotatable bonds is 4. The highest BCUT2D eigenvalue weighted by Crippen LogP contribution is 2.28.